The van der Waals surface area contributed by atoms with Crippen LogP contribution in [-0.4, -0.2) is 88.6 Å². The van der Waals surface area contributed by atoms with E-state index in [0.29, 0.717) is 13.0 Å². The summed E-state index contributed by atoms with van der Waals surface area (Å²) in [4.78, 5) is 53.8. The summed E-state index contributed by atoms with van der Waals surface area (Å²) in [6.07, 6.45) is 18.6. The molecule has 2 saturated heterocycles. The van der Waals surface area contributed by atoms with Crippen LogP contribution >= 0.6 is 11.8 Å². The fourth-order valence-corrected chi connectivity index (χ4v) is 8.80. The molecule has 0 bridgehead atoms. The van der Waals surface area contributed by atoms with Crippen molar-refractivity contribution in [2.75, 3.05) is 18.9 Å². The standard InChI is InChI=1S/C43H71N3O8S/c1-4-6-8-10-12-14-16-18-20-25-29-44-41(50)35(45-37(48)28-24-19-17-15-13-11-9-7-5-2)32-55-42-40(54-33(3)47)39(52-30-34-26-22-21-23-27-34)38(49)36-31-53-43(51)46(36)42/h21-23,26-27,35-36,38-40,42,49H,4-20,24-25,28-32H2,1-3H3,(H,44,50)(H,45,48)/t35-,36?,38+,39?,40?,42+/m0/s1. The molecular formula is C43H71N3O8S. The third-order valence-corrected chi connectivity index (χ3v) is 11.9. The Bertz CT molecular complexity index is 1240. The maximum atomic E-state index is 13.7. The minimum absolute atomic E-state index is 0.0483. The number of cyclic esters (lactones) is 1. The summed E-state index contributed by atoms with van der Waals surface area (Å²) in [6, 6.07) is 7.84. The van der Waals surface area contributed by atoms with Gasteiger partial charge in [-0.1, -0.05) is 153 Å². The third-order valence-electron chi connectivity index (χ3n) is 10.6. The van der Waals surface area contributed by atoms with Gasteiger partial charge < -0.3 is 30.0 Å². The lowest BCUT2D eigenvalue weighted by Gasteiger charge is -2.46. The number of nitrogens with one attached hydrogen (secondary N) is 2. The van der Waals surface area contributed by atoms with Crippen LogP contribution in [0.25, 0.3) is 0 Å². The first-order chi connectivity index (χ1) is 26.8. The average molecular weight is 790 g/mol. The number of hydrogen-bond donors (Lipinski definition) is 3. The minimum atomic E-state index is -1.19. The van der Waals surface area contributed by atoms with Gasteiger partial charge in [-0.25, -0.2) is 4.79 Å². The van der Waals surface area contributed by atoms with Crippen molar-refractivity contribution in [2.24, 2.45) is 0 Å². The molecule has 6 atom stereocenters. The molecule has 2 aliphatic rings. The third kappa shape index (κ3) is 17.5. The predicted molar refractivity (Wildman–Crippen MR) is 218 cm³/mol. The number of thioether (sulfide) groups is 1. The Hall–Kier alpha value is -2.83. The van der Waals surface area contributed by atoms with Crippen molar-refractivity contribution in [1.29, 1.82) is 0 Å². The van der Waals surface area contributed by atoms with Crippen LogP contribution in [0.15, 0.2) is 30.3 Å². The second-order valence-electron chi connectivity index (χ2n) is 15.3. The summed E-state index contributed by atoms with van der Waals surface area (Å²) in [7, 11) is 0. The van der Waals surface area contributed by atoms with Gasteiger partial charge in [-0.3, -0.25) is 19.3 Å². The minimum Gasteiger partial charge on any atom is -0.457 e. The number of amides is 3. The van der Waals surface area contributed by atoms with Crippen molar-refractivity contribution in [2.45, 2.75) is 192 Å². The first kappa shape index (κ1) is 46.6. The molecule has 2 heterocycles. The van der Waals surface area contributed by atoms with E-state index < -0.39 is 47.8 Å². The van der Waals surface area contributed by atoms with Crippen molar-refractivity contribution >= 4 is 35.6 Å². The summed E-state index contributed by atoms with van der Waals surface area (Å²) in [5.74, 6) is -0.975. The number of fused-ring (bicyclic) bond motifs is 1. The monoisotopic (exact) mass is 789 g/mol. The molecule has 3 unspecified atom stereocenters. The number of piperidine rings is 1. The second-order valence-corrected chi connectivity index (χ2v) is 16.4. The summed E-state index contributed by atoms with van der Waals surface area (Å²) < 4.78 is 17.4. The predicted octanol–water partition coefficient (Wildman–Crippen LogP) is 8.20. The van der Waals surface area contributed by atoms with Gasteiger partial charge in [0, 0.05) is 25.6 Å². The molecule has 312 valence electrons. The molecule has 1 aromatic carbocycles. The van der Waals surface area contributed by atoms with E-state index in [-0.39, 0.29) is 30.8 Å². The van der Waals surface area contributed by atoms with Crippen molar-refractivity contribution in [1.82, 2.24) is 15.5 Å². The molecule has 3 N–H and O–H groups in total. The Labute approximate surface area is 335 Å². The Morgan fingerprint density at radius 3 is 1.98 bits per heavy atom. The van der Waals surface area contributed by atoms with Crippen LogP contribution in [0.2, 0.25) is 0 Å². The fourth-order valence-electron chi connectivity index (χ4n) is 7.38. The first-order valence-corrected chi connectivity index (χ1v) is 22.5. The summed E-state index contributed by atoms with van der Waals surface area (Å²) in [5, 5.41) is 16.6. The zero-order valence-corrected chi connectivity index (χ0v) is 34.8. The number of nitrogens with zero attached hydrogens (tertiary/aromatic N) is 1. The van der Waals surface area contributed by atoms with E-state index in [4.69, 9.17) is 14.2 Å². The van der Waals surface area contributed by atoms with E-state index in [9.17, 15) is 24.3 Å². The highest BCUT2D eigenvalue weighted by molar-refractivity contribution is 8.00. The van der Waals surface area contributed by atoms with E-state index in [2.05, 4.69) is 24.5 Å². The lowest BCUT2D eigenvalue weighted by Crippen LogP contribution is -2.66. The number of hydrogen-bond acceptors (Lipinski definition) is 9. The Balaban J connectivity index is 1.63. The van der Waals surface area contributed by atoms with E-state index in [1.54, 1.807) is 0 Å². The van der Waals surface area contributed by atoms with E-state index in [1.165, 1.54) is 107 Å². The van der Waals surface area contributed by atoms with Gasteiger partial charge >= 0.3 is 12.1 Å². The fraction of sp³-hybridized carbons (Fsp3) is 0.767. The number of ether oxygens (including phenoxy) is 3. The number of benzene rings is 1. The molecule has 0 saturated carbocycles. The number of aliphatic hydroxyl groups excluding tert-OH is 1. The van der Waals surface area contributed by atoms with Crippen molar-refractivity contribution in [3.8, 4) is 0 Å². The van der Waals surface area contributed by atoms with Gasteiger partial charge in [-0.15, -0.1) is 11.8 Å². The number of rotatable bonds is 30. The largest absolute Gasteiger partial charge is 0.457 e. The average Bonchev–Trinajstić information content (AvgIpc) is 3.56. The van der Waals surface area contributed by atoms with Gasteiger partial charge in [-0.2, -0.15) is 0 Å². The zero-order chi connectivity index (χ0) is 39.7. The first-order valence-electron chi connectivity index (χ1n) is 21.4. The van der Waals surface area contributed by atoms with Crippen molar-refractivity contribution in [3.63, 3.8) is 0 Å². The number of carbonyl (C=O) groups excluding carboxylic acids is 4. The van der Waals surface area contributed by atoms with Crippen LogP contribution in [0.4, 0.5) is 4.79 Å². The Kier molecular flexibility index (Phi) is 23.5. The molecule has 1 aromatic rings. The zero-order valence-electron chi connectivity index (χ0n) is 34.0. The normalized spacial score (nSPS) is 21.1. The van der Waals surface area contributed by atoms with Gasteiger partial charge in [0.15, 0.2) is 6.10 Å². The molecule has 2 fully saturated rings. The molecule has 3 amide bonds. The lowest BCUT2D eigenvalue weighted by atomic mass is 9.94. The topological polar surface area (TPSA) is 144 Å². The summed E-state index contributed by atoms with van der Waals surface area (Å²) in [6.45, 7) is 6.33. The molecule has 3 rings (SSSR count). The smallest absolute Gasteiger partial charge is 0.411 e. The maximum absolute atomic E-state index is 13.7. The van der Waals surface area contributed by atoms with Crippen LogP contribution in [0.1, 0.15) is 155 Å². The van der Waals surface area contributed by atoms with E-state index in [1.807, 2.05) is 30.3 Å². The molecule has 0 radical (unpaired) electrons. The van der Waals surface area contributed by atoms with Crippen molar-refractivity contribution in [3.05, 3.63) is 35.9 Å². The Morgan fingerprint density at radius 2 is 1.40 bits per heavy atom. The number of unbranched alkanes of at least 4 members (excludes halogenated alkanes) is 17. The molecule has 0 spiro atoms. The second kappa shape index (κ2) is 27.7. The lowest BCUT2D eigenvalue weighted by molar-refractivity contribution is -0.185. The molecule has 0 aromatic heterocycles. The molecule has 11 nitrogen and oxygen atoms in total. The van der Waals surface area contributed by atoms with Crippen LogP contribution in [0.3, 0.4) is 0 Å². The number of esters is 1. The van der Waals surface area contributed by atoms with Gasteiger partial charge in [0.05, 0.1) is 12.6 Å². The highest BCUT2D eigenvalue weighted by Gasteiger charge is 2.57. The quantitative estimate of drug-likeness (QED) is 0.0519. The molecular weight excluding hydrogens is 719 g/mol. The van der Waals surface area contributed by atoms with E-state index in [0.717, 1.165) is 44.1 Å². The summed E-state index contributed by atoms with van der Waals surface area (Å²) >= 11 is 1.22. The molecule has 55 heavy (non-hydrogen) atoms. The van der Waals surface area contributed by atoms with Gasteiger partial charge in [0.1, 0.15) is 30.2 Å². The Morgan fingerprint density at radius 1 is 0.836 bits per heavy atom. The number of aliphatic hydroxyl groups is 1. The van der Waals surface area contributed by atoms with Crippen LogP contribution < -0.4 is 10.6 Å². The van der Waals surface area contributed by atoms with Gasteiger partial charge in [0.2, 0.25) is 11.8 Å². The SMILES string of the molecule is CCCCCCCCCCCCNC(=O)[C@H](CS[C@@H]1C(OC(C)=O)C(OCc2ccccc2)[C@H](O)C2COC(=O)N21)NC(=O)CCCCCCCCCCC. The molecule has 0 aliphatic carbocycles. The van der Waals surface area contributed by atoms with Crippen LogP contribution in [0.5, 0.6) is 0 Å². The molecule has 12 heteroatoms. The summed E-state index contributed by atoms with van der Waals surface area (Å²) in [5.41, 5.74) is 0.871. The van der Waals surface area contributed by atoms with Gasteiger partial charge in [-0.05, 0) is 18.4 Å². The molecule has 2 aliphatic heterocycles. The van der Waals surface area contributed by atoms with Crippen molar-refractivity contribution < 1.29 is 38.5 Å². The highest BCUT2D eigenvalue weighted by atomic mass is 32.2. The highest BCUT2D eigenvalue weighted by Crippen LogP contribution is 2.38. The van der Waals surface area contributed by atoms with Gasteiger partial charge in [0.25, 0.3) is 0 Å². The van der Waals surface area contributed by atoms with Crippen LogP contribution in [-0.2, 0) is 35.2 Å². The van der Waals surface area contributed by atoms with E-state index >= 15 is 0 Å². The number of carbonyl (C=O) groups is 4. The maximum Gasteiger partial charge on any atom is 0.411 e. The van der Waals surface area contributed by atoms with Crippen LogP contribution in [0, 0.1) is 0 Å².